The van der Waals surface area contributed by atoms with Gasteiger partial charge in [0.15, 0.2) is 0 Å². The summed E-state index contributed by atoms with van der Waals surface area (Å²) in [7, 11) is 0. The number of rotatable bonds is 1. The summed E-state index contributed by atoms with van der Waals surface area (Å²) in [5.41, 5.74) is 2.78. The topological polar surface area (TPSA) is 20.2 Å². The average Bonchev–Trinajstić information content (AvgIpc) is 2.44. The molecule has 0 aliphatic heterocycles. The third kappa shape index (κ3) is 2.10. The molecule has 0 saturated heterocycles. The summed E-state index contributed by atoms with van der Waals surface area (Å²) in [6, 6.07) is 0. The van der Waals surface area contributed by atoms with Gasteiger partial charge in [0.2, 0.25) is 0 Å². The molecule has 1 heteroatoms. The van der Waals surface area contributed by atoms with Gasteiger partial charge in [-0.25, -0.2) is 0 Å². The molecule has 1 saturated carbocycles. The minimum Gasteiger partial charge on any atom is -0.392 e. The zero-order valence-corrected chi connectivity index (χ0v) is 11.6. The molecule has 1 fully saturated rings. The van der Waals surface area contributed by atoms with E-state index in [1.807, 2.05) is 0 Å². The summed E-state index contributed by atoms with van der Waals surface area (Å²) in [4.78, 5) is 0. The van der Waals surface area contributed by atoms with E-state index in [0.717, 1.165) is 12.8 Å². The van der Waals surface area contributed by atoms with E-state index in [0.29, 0.717) is 29.6 Å². The van der Waals surface area contributed by atoms with Gasteiger partial charge in [-0.3, -0.25) is 0 Å². The molecular weight excluding hydrogens is 208 g/mol. The van der Waals surface area contributed by atoms with Crippen molar-refractivity contribution in [3.63, 3.8) is 0 Å². The number of fused-ring (bicyclic) bond motifs is 1. The van der Waals surface area contributed by atoms with Crippen LogP contribution >= 0.6 is 0 Å². The highest BCUT2D eigenvalue weighted by Crippen LogP contribution is 2.50. The van der Waals surface area contributed by atoms with Crippen LogP contribution in [0.1, 0.15) is 40.5 Å². The van der Waals surface area contributed by atoms with Crippen molar-refractivity contribution in [2.24, 2.45) is 29.6 Å². The third-order valence-corrected chi connectivity index (χ3v) is 4.96. The molecule has 0 unspecified atom stereocenters. The molecule has 0 heterocycles. The first kappa shape index (κ1) is 12.9. The summed E-state index contributed by atoms with van der Waals surface area (Å²) in [6.07, 6.45) is 4.23. The molecule has 0 amide bonds. The molecule has 0 aromatic carbocycles. The summed E-state index contributed by atoms with van der Waals surface area (Å²) in [5.74, 6) is 2.64. The Morgan fingerprint density at radius 3 is 2.59 bits per heavy atom. The second kappa shape index (κ2) is 4.61. The van der Waals surface area contributed by atoms with E-state index in [4.69, 9.17) is 0 Å². The number of allylic oxidation sites excluding steroid dienone is 2. The maximum Gasteiger partial charge on any atom is 0.0614 e. The molecule has 17 heavy (non-hydrogen) atoms. The van der Waals surface area contributed by atoms with E-state index >= 15 is 0 Å². The van der Waals surface area contributed by atoms with Crippen LogP contribution in [0, 0.1) is 29.6 Å². The minimum absolute atomic E-state index is 0.158. The van der Waals surface area contributed by atoms with Crippen molar-refractivity contribution in [3.8, 4) is 0 Å². The van der Waals surface area contributed by atoms with E-state index in [-0.39, 0.29) is 6.10 Å². The van der Waals surface area contributed by atoms with Crippen molar-refractivity contribution in [1.29, 1.82) is 0 Å². The van der Waals surface area contributed by atoms with Crippen LogP contribution in [-0.2, 0) is 0 Å². The fourth-order valence-electron chi connectivity index (χ4n) is 4.00. The molecule has 1 nitrogen and oxygen atoms in total. The molecular formula is C16H26O. The first-order valence-corrected chi connectivity index (χ1v) is 6.96. The molecule has 0 bridgehead atoms. The molecule has 5 atom stereocenters. The third-order valence-electron chi connectivity index (χ3n) is 4.96. The zero-order chi connectivity index (χ0) is 12.7. The van der Waals surface area contributed by atoms with E-state index in [1.165, 1.54) is 11.1 Å². The lowest BCUT2D eigenvalue weighted by Crippen LogP contribution is -2.24. The standard InChI is InChI=1S/C16H26O/c1-9(2)13-7-6-10(3)16-14(17)8-11(4)15(16)12(13)5/h6,9,11,13-17H,5,7-8H2,1-4H3/t11-,13-,14-,15+,16+/m0/s1. The van der Waals surface area contributed by atoms with Crippen molar-refractivity contribution in [3.05, 3.63) is 23.8 Å². The predicted octanol–water partition coefficient (Wildman–Crippen LogP) is 3.80. The summed E-state index contributed by atoms with van der Waals surface area (Å²) < 4.78 is 0. The molecule has 0 aromatic heterocycles. The molecule has 2 aliphatic carbocycles. The van der Waals surface area contributed by atoms with Crippen LogP contribution in [-0.4, -0.2) is 11.2 Å². The van der Waals surface area contributed by atoms with Gasteiger partial charge < -0.3 is 5.11 Å². The Labute approximate surface area is 106 Å². The van der Waals surface area contributed by atoms with Gasteiger partial charge in [0.25, 0.3) is 0 Å². The van der Waals surface area contributed by atoms with Gasteiger partial charge in [-0.1, -0.05) is 44.6 Å². The Bertz CT molecular complexity index is 339. The minimum atomic E-state index is -0.158. The van der Waals surface area contributed by atoms with Crippen LogP contribution < -0.4 is 0 Å². The van der Waals surface area contributed by atoms with Gasteiger partial charge >= 0.3 is 0 Å². The first-order chi connectivity index (χ1) is 7.93. The molecule has 0 spiro atoms. The predicted molar refractivity (Wildman–Crippen MR) is 72.6 cm³/mol. The van der Waals surface area contributed by atoms with Crippen LogP contribution in [0.3, 0.4) is 0 Å². The van der Waals surface area contributed by atoms with Gasteiger partial charge in [0.1, 0.15) is 0 Å². The molecule has 2 aliphatic rings. The monoisotopic (exact) mass is 234 g/mol. The Kier molecular flexibility index (Phi) is 3.49. The fraction of sp³-hybridized carbons (Fsp3) is 0.750. The van der Waals surface area contributed by atoms with Gasteiger partial charge in [-0.2, -0.15) is 0 Å². The Morgan fingerprint density at radius 1 is 1.35 bits per heavy atom. The molecule has 0 aromatic rings. The lowest BCUT2D eigenvalue weighted by molar-refractivity contribution is 0.139. The van der Waals surface area contributed by atoms with E-state index in [2.05, 4.69) is 40.3 Å². The van der Waals surface area contributed by atoms with Crippen molar-refractivity contribution in [1.82, 2.24) is 0 Å². The fourth-order valence-corrected chi connectivity index (χ4v) is 4.00. The van der Waals surface area contributed by atoms with Gasteiger partial charge in [0, 0.05) is 5.92 Å². The van der Waals surface area contributed by atoms with Gasteiger partial charge in [-0.05, 0) is 43.4 Å². The largest absolute Gasteiger partial charge is 0.392 e. The van der Waals surface area contributed by atoms with Crippen LogP contribution in [0.15, 0.2) is 23.8 Å². The first-order valence-electron chi connectivity index (χ1n) is 6.96. The lowest BCUT2D eigenvalue weighted by Gasteiger charge is -2.30. The summed E-state index contributed by atoms with van der Waals surface area (Å²) in [5, 5.41) is 10.3. The Morgan fingerprint density at radius 2 is 2.00 bits per heavy atom. The second-order valence-electron chi connectivity index (χ2n) is 6.44. The average molecular weight is 234 g/mol. The summed E-state index contributed by atoms with van der Waals surface area (Å²) >= 11 is 0. The van der Waals surface area contributed by atoms with Crippen molar-refractivity contribution in [2.45, 2.75) is 46.6 Å². The number of aliphatic hydroxyl groups excluding tert-OH is 1. The Balaban J connectivity index is 2.36. The highest BCUT2D eigenvalue weighted by molar-refractivity contribution is 5.25. The molecule has 2 rings (SSSR count). The van der Waals surface area contributed by atoms with E-state index < -0.39 is 0 Å². The van der Waals surface area contributed by atoms with Crippen LogP contribution in [0.25, 0.3) is 0 Å². The highest BCUT2D eigenvalue weighted by Gasteiger charge is 2.45. The molecule has 96 valence electrons. The number of hydrogen-bond acceptors (Lipinski definition) is 1. The van der Waals surface area contributed by atoms with Crippen LogP contribution in [0.5, 0.6) is 0 Å². The summed E-state index contributed by atoms with van der Waals surface area (Å²) in [6.45, 7) is 13.4. The Hall–Kier alpha value is -0.560. The van der Waals surface area contributed by atoms with Crippen LogP contribution in [0.2, 0.25) is 0 Å². The molecule has 0 radical (unpaired) electrons. The van der Waals surface area contributed by atoms with Crippen molar-refractivity contribution in [2.75, 3.05) is 0 Å². The second-order valence-corrected chi connectivity index (χ2v) is 6.44. The van der Waals surface area contributed by atoms with Crippen molar-refractivity contribution < 1.29 is 5.11 Å². The smallest absolute Gasteiger partial charge is 0.0614 e. The van der Waals surface area contributed by atoms with Gasteiger partial charge in [-0.15, -0.1) is 0 Å². The normalized spacial score (nSPS) is 42.4. The van der Waals surface area contributed by atoms with E-state index in [1.54, 1.807) is 0 Å². The highest BCUT2D eigenvalue weighted by atomic mass is 16.3. The zero-order valence-electron chi connectivity index (χ0n) is 11.6. The maximum absolute atomic E-state index is 10.3. The number of aliphatic hydroxyl groups is 1. The SMILES string of the molecule is C=C1[C@@H]2[C@H](C(C)=CC[C@H]1C(C)C)[C@@H](O)C[C@@H]2C. The maximum atomic E-state index is 10.3. The lowest BCUT2D eigenvalue weighted by atomic mass is 9.75. The van der Waals surface area contributed by atoms with Crippen LogP contribution in [0.4, 0.5) is 0 Å². The van der Waals surface area contributed by atoms with Gasteiger partial charge in [0.05, 0.1) is 6.10 Å². The van der Waals surface area contributed by atoms with Crippen molar-refractivity contribution >= 4 is 0 Å². The number of hydrogen-bond donors (Lipinski definition) is 1. The quantitative estimate of drug-likeness (QED) is 0.684. The molecule has 1 N–H and O–H groups in total. The van der Waals surface area contributed by atoms with E-state index in [9.17, 15) is 5.11 Å².